The maximum absolute atomic E-state index is 9.66. The number of aryl methyl sites for hydroxylation is 1. The molecule has 2 aromatic rings. The monoisotopic (exact) mass is 303 g/mol. The van der Waals surface area contributed by atoms with E-state index in [9.17, 15) is 5.11 Å². The van der Waals surface area contributed by atoms with Crippen LogP contribution in [0.1, 0.15) is 30.4 Å². The smallest absolute Gasteiger partial charge is 0.117 e. The Morgan fingerprint density at radius 2 is 2.32 bits per heavy atom. The van der Waals surface area contributed by atoms with Crippen LogP contribution in [-0.4, -0.2) is 32.4 Å². The lowest BCUT2D eigenvalue weighted by Gasteiger charge is -2.28. The summed E-state index contributed by atoms with van der Waals surface area (Å²) >= 11 is 0. The van der Waals surface area contributed by atoms with Crippen molar-refractivity contribution < 1.29 is 9.52 Å². The molecule has 2 aromatic heterocycles. The minimum absolute atomic E-state index is 0.104. The Kier molecular flexibility index (Phi) is 5.98. The van der Waals surface area contributed by atoms with Crippen LogP contribution in [0.4, 0.5) is 0 Å². The molecule has 2 rings (SSSR count). The van der Waals surface area contributed by atoms with Gasteiger partial charge in [0.25, 0.3) is 0 Å². The molecule has 0 amide bonds. The van der Waals surface area contributed by atoms with E-state index in [0.29, 0.717) is 13.1 Å². The molecule has 2 heterocycles. The summed E-state index contributed by atoms with van der Waals surface area (Å²) in [6, 6.07) is 3.96. The summed E-state index contributed by atoms with van der Waals surface area (Å²) in [6.07, 6.45) is 6.45. The van der Waals surface area contributed by atoms with E-state index in [2.05, 4.69) is 29.7 Å². The number of hydrogen-bond acceptors (Lipinski definition) is 4. The molecule has 0 saturated carbocycles. The minimum atomic E-state index is 0.104. The fourth-order valence-electron chi connectivity index (χ4n) is 2.58. The second-order valence-corrected chi connectivity index (χ2v) is 5.48. The normalized spacial score (nSPS) is 12.7. The zero-order valence-electron chi connectivity index (χ0n) is 13.4. The van der Waals surface area contributed by atoms with Crippen LogP contribution in [0.3, 0.4) is 0 Å². The van der Waals surface area contributed by atoms with Crippen LogP contribution >= 0.6 is 0 Å². The number of furan rings is 1. The SMILES string of the molecule is C=CCn1cc(CN(Cc2ccco2)[C@@H](CC)CO)c(C)n1. The van der Waals surface area contributed by atoms with Gasteiger partial charge in [-0.2, -0.15) is 5.10 Å². The van der Waals surface area contributed by atoms with E-state index in [1.165, 1.54) is 5.56 Å². The third-order valence-corrected chi connectivity index (χ3v) is 3.88. The number of rotatable bonds is 9. The maximum Gasteiger partial charge on any atom is 0.117 e. The van der Waals surface area contributed by atoms with E-state index in [-0.39, 0.29) is 12.6 Å². The Morgan fingerprint density at radius 3 is 2.91 bits per heavy atom. The van der Waals surface area contributed by atoms with Crippen LogP contribution < -0.4 is 0 Å². The number of hydrogen-bond donors (Lipinski definition) is 1. The van der Waals surface area contributed by atoms with Crippen molar-refractivity contribution >= 4 is 0 Å². The van der Waals surface area contributed by atoms with Crippen molar-refractivity contribution in [3.63, 3.8) is 0 Å². The van der Waals surface area contributed by atoms with Crippen LogP contribution in [0, 0.1) is 6.92 Å². The number of nitrogens with zero attached hydrogens (tertiary/aromatic N) is 3. The van der Waals surface area contributed by atoms with Gasteiger partial charge in [0.05, 0.1) is 31.7 Å². The molecule has 5 nitrogen and oxygen atoms in total. The van der Waals surface area contributed by atoms with Gasteiger partial charge in [-0.3, -0.25) is 9.58 Å². The predicted molar refractivity (Wildman–Crippen MR) is 86.3 cm³/mol. The van der Waals surface area contributed by atoms with Gasteiger partial charge in [-0.05, 0) is 25.5 Å². The summed E-state index contributed by atoms with van der Waals surface area (Å²) in [7, 11) is 0. The van der Waals surface area contributed by atoms with Crippen molar-refractivity contribution in [2.45, 2.75) is 45.9 Å². The third kappa shape index (κ3) is 4.08. The Hall–Kier alpha value is -1.85. The average molecular weight is 303 g/mol. The van der Waals surface area contributed by atoms with Gasteiger partial charge in [-0.15, -0.1) is 6.58 Å². The van der Waals surface area contributed by atoms with Gasteiger partial charge in [0.2, 0.25) is 0 Å². The van der Waals surface area contributed by atoms with Gasteiger partial charge in [0, 0.05) is 24.3 Å². The predicted octanol–water partition coefficient (Wildman–Crippen LogP) is 2.74. The lowest BCUT2D eigenvalue weighted by molar-refractivity contribution is 0.0997. The quantitative estimate of drug-likeness (QED) is 0.724. The van der Waals surface area contributed by atoms with Gasteiger partial charge < -0.3 is 9.52 Å². The molecule has 0 aliphatic rings. The fraction of sp³-hybridized carbons (Fsp3) is 0.471. The van der Waals surface area contributed by atoms with Crippen molar-refractivity contribution in [2.75, 3.05) is 6.61 Å². The number of aliphatic hydroxyl groups excluding tert-OH is 1. The molecule has 0 aliphatic carbocycles. The molecule has 0 aliphatic heterocycles. The zero-order chi connectivity index (χ0) is 15.9. The van der Waals surface area contributed by atoms with E-state index in [1.54, 1.807) is 6.26 Å². The molecule has 0 spiro atoms. The standard InChI is InChI=1S/C17H25N3O2/c1-4-8-20-11-15(14(3)18-20)10-19(16(5-2)13-21)12-17-7-6-9-22-17/h4,6-7,9,11,16,21H,1,5,8,10,12-13H2,2-3H3/t16-/m0/s1. The molecule has 120 valence electrons. The summed E-state index contributed by atoms with van der Waals surface area (Å²) < 4.78 is 7.35. The van der Waals surface area contributed by atoms with Crippen LogP contribution in [0.2, 0.25) is 0 Å². The first kappa shape index (κ1) is 16.5. The first-order valence-corrected chi connectivity index (χ1v) is 7.69. The molecule has 22 heavy (non-hydrogen) atoms. The fourth-order valence-corrected chi connectivity index (χ4v) is 2.58. The van der Waals surface area contributed by atoms with Gasteiger partial charge >= 0.3 is 0 Å². The summed E-state index contributed by atoms with van der Waals surface area (Å²) in [5, 5.41) is 14.1. The second-order valence-electron chi connectivity index (χ2n) is 5.48. The van der Waals surface area contributed by atoms with Crippen LogP contribution in [0.15, 0.2) is 41.7 Å². The summed E-state index contributed by atoms with van der Waals surface area (Å²) in [6.45, 7) is 10.1. The largest absolute Gasteiger partial charge is 0.468 e. The topological polar surface area (TPSA) is 54.4 Å². The molecule has 0 radical (unpaired) electrons. The van der Waals surface area contributed by atoms with Crippen molar-refractivity contribution in [1.29, 1.82) is 0 Å². The molecular weight excluding hydrogens is 278 g/mol. The van der Waals surface area contributed by atoms with Crippen LogP contribution in [0.5, 0.6) is 0 Å². The van der Waals surface area contributed by atoms with Crippen molar-refractivity contribution in [3.8, 4) is 0 Å². The minimum Gasteiger partial charge on any atom is -0.468 e. The molecule has 0 unspecified atom stereocenters. The Balaban J connectivity index is 2.16. The summed E-state index contributed by atoms with van der Waals surface area (Å²) in [5.41, 5.74) is 2.18. The van der Waals surface area contributed by atoms with Crippen LogP contribution in [-0.2, 0) is 19.6 Å². The van der Waals surface area contributed by atoms with Gasteiger partial charge in [-0.25, -0.2) is 0 Å². The highest BCUT2D eigenvalue weighted by Gasteiger charge is 2.19. The molecule has 5 heteroatoms. The molecule has 0 aromatic carbocycles. The van der Waals surface area contributed by atoms with E-state index in [4.69, 9.17) is 4.42 Å². The maximum atomic E-state index is 9.66. The van der Waals surface area contributed by atoms with E-state index >= 15 is 0 Å². The molecular formula is C17H25N3O2. The Morgan fingerprint density at radius 1 is 1.50 bits per heavy atom. The third-order valence-electron chi connectivity index (χ3n) is 3.88. The Labute approximate surface area is 131 Å². The zero-order valence-corrected chi connectivity index (χ0v) is 13.4. The lowest BCUT2D eigenvalue weighted by atomic mass is 10.1. The second kappa shape index (κ2) is 7.96. The van der Waals surface area contributed by atoms with Crippen molar-refractivity contribution in [1.82, 2.24) is 14.7 Å². The van der Waals surface area contributed by atoms with E-state index < -0.39 is 0 Å². The molecule has 1 N–H and O–H groups in total. The summed E-state index contributed by atoms with van der Waals surface area (Å²) in [5.74, 6) is 0.906. The number of aromatic nitrogens is 2. The molecule has 0 fully saturated rings. The molecule has 1 atom stereocenters. The highest BCUT2D eigenvalue weighted by Crippen LogP contribution is 2.17. The van der Waals surface area contributed by atoms with Gasteiger partial charge in [0.15, 0.2) is 0 Å². The first-order valence-electron chi connectivity index (χ1n) is 7.69. The van der Waals surface area contributed by atoms with Gasteiger partial charge in [0.1, 0.15) is 5.76 Å². The Bertz CT molecular complexity index is 571. The van der Waals surface area contributed by atoms with E-state index in [1.807, 2.05) is 29.8 Å². The summed E-state index contributed by atoms with van der Waals surface area (Å²) in [4.78, 5) is 2.24. The number of allylic oxidation sites excluding steroid dienone is 1. The number of aliphatic hydroxyl groups is 1. The average Bonchev–Trinajstić information content (AvgIpc) is 3.11. The highest BCUT2D eigenvalue weighted by molar-refractivity contribution is 5.16. The van der Waals surface area contributed by atoms with E-state index in [0.717, 1.165) is 24.4 Å². The first-order chi connectivity index (χ1) is 10.7. The van der Waals surface area contributed by atoms with Crippen LogP contribution in [0.25, 0.3) is 0 Å². The van der Waals surface area contributed by atoms with Crippen molar-refractivity contribution in [3.05, 3.63) is 54.3 Å². The van der Waals surface area contributed by atoms with Gasteiger partial charge in [-0.1, -0.05) is 13.0 Å². The highest BCUT2D eigenvalue weighted by atomic mass is 16.3. The molecule has 0 bridgehead atoms. The molecule has 0 saturated heterocycles. The van der Waals surface area contributed by atoms with Crippen molar-refractivity contribution in [2.24, 2.45) is 0 Å². The lowest BCUT2D eigenvalue weighted by Crippen LogP contribution is -2.36.